The van der Waals surface area contributed by atoms with Crippen molar-refractivity contribution in [2.45, 2.75) is 39.5 Å². The number of aryl methyl sites for hydroxylation is 1. The lowest BCUT2D eigenvalue weighted by Crippen LogP contribution is -2.20. The van der Waals surface area contributed by atoms with Crippen LogP contribution in [0.15, 0.2) is 53.6 Å². The number of unbranched alkanes of at least 4 members (excludes halogenated alkanes) is 1. The van der Waals surface area contributed by atoms with E-state index in [1.807, 2.05) is 19.1 Å². The predicted octanol–water partition coefficient (Wildman–Crippen LogP) is 4.48. The minimum atomic E-state index is -0.530. The third-order valence-electron chi connectivity index (χ3n) is 4.05. The normalized spacial score (nSPS) is 11.2. The Bertz CT molecular complexity index is 798. The molecule has 2 aromatic rings. The fourth-order valence-electron chi connectivity index (χ4n) is 2.54. The molecule has 0 radical (unpaired) electrons. The summed E-state index contributed by atoms with van der Waals surface area (Å²) in [6.07, 6.45) is 4.03. The van der Waals surface area contributed by atoms with Gasteiger partial charge in [-0.1, -0.05) is 50.6 Å². The highest BCUT2D eigenvalue weighted by atomic mass is 16.6. The van der Waals surface area contributed by atoms with E-state index in [-0.39, 0.29) is 11.3 Å². The monoisotopic (exact) mass is 353 g/mol. The van der Waals surface area contributed by atoms with Crippen molar-refractivity contribution in [3.8, 4) is 0 Å². The second-order valence-electron chi connectivity index (χ2n) is 5.96. The summed E-state index contributed by atoms with van der Waals surface area (Å²) in [5.74, 6) is -0.473. The third-order valence-corrected chi connectivity index (χ3v) is 4.05. The first-order chi connectivity index (χ1) is 12.5. The Balaban J connectivity index is 2.10. The molecule has 6 nitrogen and oxygen atoms in total. The summed E-state index contributed by atoms with van der Waals surface area (Å²) < 4.78 is 0. The highest BCUT2D eigenvalue weighted by molar-refractivity contribution is 6.02. The van der Waals surface area contributed by atoms with Crippen molar-refractivity contribution in [3.63, 3.8) is 0 Å². The molecular formula is C20H23N3O3. The van der Waals surface area contributed by atoms with Gasteiger partial charge in [0.15, 0.2) is 0 Å². The Hall–Kier alpha value is -3.02. The van der Waals surface area contributed by atoms with Crippen LogP contribution in [-0.2, 0) is 6.42 Å². The summed E-state index contributed by atoms with van der Waals surface area (Å²) in [7, 11) is 0. The third kappa shape index (κ3) is 5.24. The summed E-state index contributed by atoms with van der Waals surface area (Å²) in [6, 6.07) is 13.8. The maximum Gasteiger partial charge on any atom is 0.271 e. The number of rotatable bonds is 8. The zero-order chi connectivity index (χ0) is 18.9. The SMILES string of the molecule is CCCCc1ccc(/C(CC)=N\NC(=O)c2cccc([N+](=O)[O-])c2)cc1. The molecule has 26 heavy (non-hydrogen) atoms. The standard InChI is InChI=1S/C20H23N3O3/c1-3-5-7-15-10-12-16(13-11-15)19(4-2)21-22-20(24)17-8-6-9-18(14-17)23(25)26/h6,8-14H,3-5,7H2,1-2H3,(H,22,24)/b21-19-. The van der Waals surface area contributed by atoms with Gasteiger partial charge >= 0.3 is 0 Å². The van der Waals surface area contributed by atoms with Gasteiger partial charge in [-0.25, -0.2) is 5.43 Å². The van der Waals surface area contributed by atoms with Crippen LogP contribution in [0.2, 0.25) is 0 Å². The number of carbonyl (C=O) groups is 1. The van der Waals surface area contributed by atoms with Gasteiger partial charge in [0.2, 0.25) is 0 Å². The molecule has 0 aliphatic rings. The molecule has 136 valence electrons. The van der Waals surface area contributed by atoms with Gasteiger partial charge in [-0.2, -0.15) is 5.10 Å². The smallest absolute Gasteiger partial charge is 0.267 e. The van der Waals surface area contributed by atoms with Gasteiger partial charge in [-0.05, 0) is 36.5 Å². The maximum absolute atomic E-state index is 12.2. The maximum atomic E-state index is 12.2. The van der Waals surface area contributed by atoms with E-state index in [1.54, 1.807) is 0 Å². The lowest BCUT2D eigenvalue weighted by atomic mass is 10.0. The summed E-state index contributed by atoms with van der Waals surface area (Å²) in [4.78, 5) is 22.5. The van der Waals surface area contributed by atoms with Crippen LogP contribution in [0.1, 0.15) is 54.6 Å². The fraction of sp³-hybridized carbons (Fsp3) is 0.300. The number of hydrogen-bond donors (Lipinski definition) is 1. The Labute approximate surface area is 153 Å². The number of benzene rings is 2. The summed E-state index contributed by atoms with van der Waals surface area (Å²) >= 11 is 0. The van der Waals surface area contributed by atoms with Crippen molar-refractivity contribution in [1.82, 2.24) is 5.43 Å². The van der Waals surface area contributed by atoms with Gasteiger partial charge in [0.1, 0.15) is 0 Å². The molecule has 0 atom stereocenters. The van der Waals surface area contributed by atoms with Crippen LogP contribution in [0.3, 0.4) is 0 Å². The van der Waals surface area contributed by atoms with E-state index in [0.29, 0.717) is 6.42 Å². The molecule has 0 aliphatic carbocycles. The van der Waals surface area contributed by atoms with Crippen LogP contribution in [0.25, 0.3) is 0 Å². The van der Waals surface area contributed by atoms with E-state index in [0.717, 1.165) is 30.5 Å². The first-order valence-corrected chi connectivity index (χ1v) is 8.75. The van der Waals surface area contributed by atoms with E-state index < -0.39 is 10.8 Å². The van der Waals surface area contributed by atoms with Crippen LogP contribution < -0.4 is 5.43 Å². The minimum Gasteiger partial charge on any atom is -0.267 e. The lowest BCUT2D eigenvalue weighted by Gasteiger charge is -2.07. The average molecular weight is 353 g/mol. The fourth-order valence-corrected chi connectivity index (χ4v) is 2.54. The number of nitrogens with zero attached hydrogens (tertiary/aromatic N) is 2. The molecule has 0 heterocycles. The van der Waals surface area contributed by atoms with E-state index >= 15 is 0 Å². The molecule has 0 aromatic heterocycles. The zero-order valence-electron chi connectivity index (χ0n) is 15.1. The van der Waals surface area contributed by atoms with Crippen LogP contribution >= 0.6 is 0 Å². The van der Waals surface area contributed by atoms with Gasteiger partial charge < -0.3 is 0 Å². The Morgan fingerprint density at radius 3 is 2.46 bits per heavy atom. The van der Waals surface area contributed by atoms with Crippen LogP contribution in [0.4, 0.5) is 5.69 Å². The van der Waals surface area contributed by atoms with Crippen molar-refractivity contribution in [2.75, 3.05) is 0 Å². The molecule has 0 saturated heterocycles. The number of hydrogen-bond acceptors (Lipinski definition) is 4. The first kappa shape index (κ1) is 19.3. The second kappa shape index (κ2) is 9.46. The molecule has 1 N–H and O–H groups in total. The minimum absolute atomic E-state index is 0.125. The summed E-state index contributed by atoms with van der Waals surface area (Å²) in [5.41, 5.74) is 5.56. The van der Waals surface area contributed by atoms with Crippen molar-refractivity contribution in [2.24, 2.45) is 5.10 Å². The molecule has 2 aromatic carbocycles. The molecule has 0 saturated carbocycles. The van der Waals surface area contributed by atoms with Gasteiger partial charge in [0.05, 0.1) is 10.6 Å². The topological polar surface area (TPSA) is 84.6 Å². The number of amides is 1. The molecule has 6 heteroatoms. The van der Waals surface area contributed by atoms with E-state index in [9.17, 15) is 14.9 Å². The number of nitrogens with one attached hydrogen (secondary N) is 1. The van der Waals surface area contributed by atoms with Crippen LogP contribution in [0, 0.1) is 10.1 Å². The molecule has 0 fully saturated rings. The summed E-state index contributed by atoms with van der Waals surface area (Å²) in [6.45, 7) is 4.13. The summed E-state index contributed by atoms with van der Waals surface area (Å²) in [5, 5.41) is 15.0. The van der Waals surface area contributed by atoms with Gasteiger partial charge in [-0.15, -0.1) is 0 Å². The molecule has 0 unspecified atom stereocenters. The first-order valence-electron chi connectivity index (χ1n) is 8.75. The molecule has 0 bridgehead atoms. The average Bonchev–Trinajstić information content (AvgIpc) is 2.67. The van der Waals surface area contributed by atoms with Gasteiger partial charge in [0.25, 0.3) is 11.6 Å². The van der Waals surface area contributed by atoms with Crippen molar-refractivity contribution < 1.29 is 9.72 Å². The van der Waals surface area contributed by atoms with Gasteiger partial charge in [0, 0.05) is 17.7 Å². The lowest BCUT2D eigenvalue weighted by molar-refractivity contribution is -0.384. The van der Waals surface area contributed by atoms with Gasteiger partial charge in [-0.3, -0.25) is 14.9 Å². The van der Waals surface area contributed by atoms with E-state index in [2.05, 4.69) is 29.6 Å². The molecular weight excluding hydrogens is 330 g/mol. The number of nitro groups is 1. The Morgan fingerprint density at radius 1 is 1.12 bits per heavy atom. The largest absolute Gasteiger partial charge is 0.271 e. The molecule has 0 aliphatic heterocycles. The Kier molecular flexibility index (Phi) is 7.02. The number of non-ortho nitro benzene ring substituents is 1. The molecule has 2 rings (SSSR count). The van der Waals surface area contributed by atoms with E-state index in [1.165, 1.54) is 29.8 Å². The van der Waals surface area contributed by atoms with E-state index in [4.69, 9.17) is 0 Å². The highest BCUT2D eigenvalue weighted by Gasteiger charge is 2.11. The number of hydrazone groups is 1. The molecule has 0 spiro atoms. The van der Waals surface area contributed by atoms with Crippen molar-refractivity contribution in [3.05, 3.63) is 75.3 Å². The van der Waals surface area contributed by atoms with Crippen LogP contribution in [0.5, 0.6) is 0 Å². The second-order valence-corrected chi connectivity index (χ2v) is 5.96. The predicted molar refractivity (Wildman–Crippen MR) is 102 cm³/mol. The van der Waals surface area contributed by atoms with Crippen LogP contribution in [-0.4, -0.2) is 16.5 Å². The Morgan fingerprint density at radius 2 is 1.85 bits per heavy atom. The number of nitro benzene ring substituents is 1. The highest BCUT2D eigenvalue weighted by Crippen LogP contribution is 2.13. The number of carbonyl (C=O) groups excluding carboxylic acids is 1. The van der Waals surface area contributed by atoms with Crippen molar-refractivity contribution in [1.29, 1.82) is 0 Å². The zero-order valence-corrected chi connectivity index (χ0v) is 15.1. The quantitative estimate of drug-likeness (QED) is 0.431. The molecule has 1 amide bonds. The van der Waals surface area contributed by atoms with Crippen molar-refractivity contribution >= 4 is 17.3 Å².